The number of thiazole rings is 1. The summed E-state index contributed by atoms with van der Waals surface area (Å²) in [5.41, 5.74) is 11.7. The summed E-state index contributed by atoms with van der Waals surface area (Å²) in [7, 11) is 1.64. The number of nitrogens with zero attached hydrogens (tertiary/aromatic N) is 1. The lowest BCUT2D eigenvalue weighted by atomic mass is 10.1. The first-order chi connectivity index (χ1) is 14.5. The van der Waals surface area contributed by atoms with Crippen molar-refractivity contribution >= 4 is 27.6 Å². The van der Waals surface area contributed by atoms with Gasteiger partial charge in [0.1, 0.15) is 0 Å². The second-order valence-electron chi connectivity index (χ2n) is 7.28. The standard InChI is InChI=1S/C22H24N4O3S/c1-13-3-5-14(6-4-13)9-16(23)11-24-21-25-18(12-28-2)20(30-21)15-7-8-17-19(10-15)29-22(27)26-17/h3-8,10,16H,9,11-12,23H2,1-2H3,(H,24,25)(H,26,27)/t16-/m0/s1. The van der Waals surface area contributed by atoms with Crippen LogP contribution in [0.25, 0.3) is 21.5 Å². The highest BCUT2D eigenvalue weighted by Gasteiger charge is 2.15. The van der Waals surface area contributed by atoms with Crippen molar-refractivity contribution in [3.05, 3.63) is 69.8 Å². The van der Waals surface area contributed by atoms with E-state index in [1.165, 1.54) is 22.5 Å². The van der Waals surface area contributed by atoms with Crippen molar-refractivity contribution < 1.29 is 9.15 Å². The Kier molecular flexibility index (Phi) is 5.98. The summed E-state index contributed by atoms with van der Waals surface area (Å²) >= 11 is 1.53. The van der Waals surface area contributed by atoms with Gasteiger partial charge < -0.3 is 20.2 Å². The van der Waals surface area contributed by atoms with Crippen LogP contribution in [0.1, 0.15) is 16.8 Å². The summed E-state index contributed by atoms with van der Waals surface area (Å²) in [5.74, 6) is -0.464. The number of aromatic nitrogens is 2. The van der Waals surface area contributed by atoms with Gasteiger partial charge >= 0.3 is 5.76 Å². The van der Waals surface area contributed by atoms with Gasteiger partial charge in [0.2, 0.25) is 0 Å². The van der Waals surface area contributed by atoms with Crippen LogP contribution in [0, 0.1) is 6.92 Å². The maximum absolute atomic E-state index is 11.4. The molecular formula is C22H24N4O3S. The van der Waals surface area contributed by atoms with Crippen LogP contribution in [0.2, 0.25) is 0 Å². The molecule has 0 saturated carbocycles. The van der Waals surface area contributed by atoms with Crippen LogP contribution in [0.4, 0.5) is 5.13 Å². The molecule has 4 aromatic rings. The molecule has 0 aliphatic carbocycles. The van der Waals surface area contributed by atoms with E-state index >= 15 is 0 Å². The Labute approximate surface area is 177 Å². The number of benzene rings is 2. The third-order valence-corrected chi connectivity index (χ3v) is 5.90. The van der Waals surface area contributed by atoms with Crippen LogP contribution in [-0.4, -0.2) is 29.7 Å². The molecule has 156 valence electrons. The molecule has 0 amide bonds. The van der Waals surface area contributed by atoms with Gasteiger partial charge in [-0.15, -0.1) is 0 Å². The first kappa shape index (κ1) is 20.3. The van der Waals surface area contributed by atoms with Gasteiger partial charge in [-0.2, -0.15) is 0 Å². The van der Waals surface area contributed by atoms with Crippen LogP contribution in [0.15, 0.2) is 51.7 Å². The molecule has 7 nitrogen and oxygen atoms in total. The Morgan fingerprint density at radius 3 is 2.83 bits per heavy atom. The molecule has 0 saturated heterocycles. The number of nitrogens with two attached hydrogens (primary N) is 1. The predicted molar refractivity (Wildman–Crippen MR) is 120 cm³/mol. The van der Waals surface area contributed by atoms with Crippen molar-refractivity contribution in [3.8, 4) is 10.4 Å². The monoisotopic (exact) mass is 424 g/mol. The molecule has 2 heterocycles. The van der Waals surface area contributed by atoms with Gasteiger partial charge in [0, 0.05) is 19.7 Å². The van der Waals surface area contributed by atoms with Gasteiger partial charge in [-0.1, -0.05) is 47.2 Å². The van der Waals surface area contributed by atoms with Gasteiger partial charge in [-0.3, -0.25) is 4.98 Å². The number of rotatable bonds is 8. The second kappa shape index (κ2) is 8.83. The number of H-pyrrole nitrogens is 1. The summed E-state index contributed by atoms with van der Waals surface area (Å²) in [5, 5.41) is 4.14. The van der Waals surface area contributed by atoms with Crippen molar-refractivity contribution in [2.24, 2.45) is 5.73 Å². The highest BCUT2D eigenvalue weighted by Crippen LogP contribution is 2.34. The van der Waals surface area contributed by atoms with E-state index in [4.69, 9.17) is 14.9 Å². The van der Waals surface area contributed by atoms with Crippen LogP contribution >= 0.6 is 11.3 Å². The first-order valence-electron chi connectivity index (χ1n) is 9.68. The molecule has 30 heavy (non-hydrogen) atoms. The number of hydrogen-bond donors (Lipinski definition) is 3. The number of fused-ring (bicyclic) bond motifs is 1. The number of ether oxygens (including phenoxy) is 1. The van der Waals surface area contributed by atoms with Crippen molar-refractivity contribution in [2.75, 3.05) is 19.0 Å². The Bertz CT molecular complexity index is 1190. The average Bonchev–Trinajstić information content (AvgIpc) is 3.30. The van der Waals surface area contributed by atoms with E-state index in [0.717, 1.165) is 27.7 Å². The summed E-state index contributed by atoms with van der Waals surface area (Å²) in [6, 6.07) is 14.0. The molecule has 0 spiro atoms. The topological polar surface area (TPSA) is 106 Å². The van der Waals surface area contributed by atoms with Gasteiger partial charge in [-0.05, 0) is 36.6 Å². The fourth-order valence-electron chi connectivity index (χ4n) is 3.29. The summed E-state index contributed by atoms with van der Waals surface area (Å²) in [4.78, 5) is 19.7. The molecular weight excluding hydrogens is 400 g/mol. The Morgan fingerprint density at radius 2 is 2.07 bits per heavy atom. The zero-order valence-corrected chi connectivity index (χ0v) is 17.7. The zero-order valence-electron chi connectivity index (χ0n) is 16.9. The molecule has 0 unspecified atom stereocenters. The van der Waals surface area contributed by atoms with Crippen LogP contribution in [0.5, 0.6) is 0 Å². The Morgan fingerprint density at radius 1 is 1.27 bits per heavy atom. The number of nitrogens with one attached hydrogen (secondary N) is 2. The largest absolute Gasteiger partial charge is 0.417 e. The number of anilines is 1. The minimum absolute atomic E-state index is 0.0311. The highest BCUT2D eigenvalue weighted by atomic mass is 32.1. The number of oxazole rings is 1. The maximum Gasteiger partial charge on any atom is 0.417 e. The lowest BCUT2D eigenvalue weighted by molar-refractivity contribution is 0.182. The van der Waals surface area contributed by atoms with E-state index in [2.05, 4.69) is 46.5 Å². The number of hydrogen-bond acceptors (Lipinski definition) is 7. The predicted octanol–water partition coefficient (Wildman–Crippen LogP) is 3.68. The molecule has 2 aromatic heterocycles. The second-order valence-corrected chi connectivity index (χ2v) is 8.28. The molecule has 0 radical (unpaired) electrons. The summed E-state index contributed by atoms with van der Waals surface area (Å²) < 4.78 is 10.5. The van der Waals surface area contributed by atoms with E-state index in [1.807, 2.05) is 18.2 Å². The molecule has 4 N–H and O–H groups in total. The highest BCUT2D eigenvalue weighted by molar-refractivity contribution is 7.19. The maximum atomic E-state index is 11.4. The lowest BCUT2D eigenvalue weighted by Crippen LogP contribution is -2.31. The quantitative estimate of drug-likeness (QED) is 0.398. The van der Waals surface area contributed by atoms with E-state index in [0.29, 0.717) is 24.3 Å². The third-order valence-electron chi connectivity index (χ3n) is 4.80. The zero-order chi connectivity index (χ0) is 21.1. The molecule has 0 fully saturated rings. The van der Waals surface area contributed by atoms with Crippen molar-refractivity contribution in [1.29, 1.82) is 0 Å². The van der Waals surface area contributed by atoms with E-state index in [9.17, 15) is 4.79 Å². The van der Waals surface area contributed by atoms with Crippen LogP contribution in [0.3, 0.4) is 0 Å². The average molecular weight is 425 g/mol. The van der Waals surface area contributed by atoms with E-state index < -0.39 is 5.76 Å². The fraction of sp³-hybridized carbons (Fsp3) is 0.273. The van der Waals surface area contributed by atoms with Crippen molar-refractivity contribution in [3.63, 3.8) is 0 Å². The van der Waals surface area contributed by atoms with Crippen molar-refractivity contribution in [1.82, 2.24) is 9.97 Å². The molecule has 4 rings (SSSR count). The molecule has 0 bridgehead atoms. The van der Waals surface area contributed by atoms with Gasteiger partial charge in [0.05, 0.1) is 22.7 Å². The van der Waals surface area contributed by atoms with E-state index in [1.54, 1.807) is 7.11 Å². The summed E-state index contributed by atoms with van der Waals surface area (Å²) in [6.45, 7) is 3.07. The van der Waals surface area contributed by atoms with E-state index in [-0.39, 0.29) is 6.04 Å². The minimum Gasteiger partial charge on any atom is -0.408 e. The smallest absolute Gasteiger partial charge is 0.408 e. The minimum atomic E-state index is -0.464. The van der Waals surface area contributed by atoms with Gasteiger partial charge in [0.15, 0.2) is 10.7 Å². The summed E-state index contributed by atoms with van der Waals surface area (Å²) in [6.07, 6.45) is 0.791. The first-order valence-corrected chi connectivity index (χ1v) is 10.5. The molecule has 2 aromatic carbocycles. The van der Waals surface area contributed by atoms with Crippen LogP contribution in [-0.2, 0) is 17.8 Å². The van der Waals surface area contributed by atoms with Gasteiger partial charge in [-0.25, -0.2) is 9.78 Å². The normalized spacial score (nSPS) is 12.4. The number of aromatic amines is 1. The van der Waals surface area contributed by atoms with Gasteiger partial charge in [0.25, 0.3) is 0 Å². The number of aryl methyl sites for hydroxylation is 1. The SMILES string of the molecule is COCc1nc(NC[C@@H](N)Cc2ccc(C)cc2)sc1-c1ccc2[nH]c(=O)oc2c1. The molecule has 0 aliphatic rings. The Balaban J connectivity index is 1.49. The Hall–Kier alpha value is -2.94. The molecule has 1 atom stereocenters. The van der Waals surface area contributed by atoms with Crippen LogP contribution < -0.4 is 16.8 Å². The number of methoxy groups -OCH3 is 1. The lowest BCUT2D eigenvalue weighted by Gasteiger charge is -2.12. The molecule has 0 aliphatic heterocycles. The third kappa shape index (κ3) is 4.62. The molecule has 8 heteroatoms. The van der Waals surface area contributed by atoms with Crippen molar-refractivity contribution in [2.45, 2.75) is 26.0 Å². The fourth-order valence-corrected chi connectivity index (χ4v) is 4.26.